The minimum Gasteiger partial charge on any atom is -0.319 e. The van der Waals surface area contributed by atoms with Crippen LogP contribution >= 0.6 is 22.9 Å². The Balaban J connectivity index is 2.01. The molecule has 4 nitrogen and oxygen atoms in total. The Bertz CT molecular complexity index is 681. The first-order valence-corrected chi connectivity index (χ1v) is 9.16. The summed E-state index contributed by atoms with van der Waals surface area (Å²) in [7, 11) is -1.60. The van der Waals surface area contributed by atoms with Gasteiger partial charge in [-0.25, -0.2) is 13.1 Å². The van der Waals surface area contributed by atoms with Gasteiger partial charge >= 0.3 is 0 Å². The molecule has 0 aliphatic rings. The van der Waals surface area contributed by atoms with Gasteiger partial charge in [0.15, 0.2) is 0 Å². The van der Waals surface area contributed by atoms with Crippen molar-refractivity contribution >= 4 is 33.0 Å². The first-order valence-electron chi connectivity index (χ1n) is 6.49. The number of nitrogens with one attached hydrogen (secondary N) is 2. The number of halogens is 1. The van der Waals surface area contributed by atoms with Crippen molar-refractivity contribution in [3.63, 3.8) is 0 Å². The van der Waals surface area contributed by atoms with E-state index in [4.69, 9.17) is 11.6 Å². The summed E-state index contributed by atoms with van der Waals surface area (Å²) in [6.45, 7) is 1.12. The van der Waals surface area contributed by atoms with Crippen LogP contribution in [-0.2, 0) is 23.0 Å². The predicted octanol–water partition coefficient (Wildman–Crippen LogP) is 2.64. The molecule has 0 radical (unpaired) electrons. The fourth-order valence-electron chi connectivity index (χ4n) is 1.80. The van der Waals surface area contributed by atoms with E-state index < -0.39 is 10.0 Å². The molecule has 1 heterocycles. The van der Waals surface area contributed by atoms with E-state index in [1.165, 1.54) is 11.3 Å². The lowest BCUT2D eigenvalue weighted by Gasteiger charge is -2.07. The highest BCUT2D eigenvalue weighted by atomic mass is 35.5. The molecule has 0 atom stereocenters. The number of sulfonamides is 1. The van der Waals surface area contributed by atoms with Crippen molar-refractivity contribution in [2.45, 2.75) is 17.9 Å². The number of rotatable bonds is 7. The van der Waals surface area contributed by atoms with E-state index in [1.54, 1.807) is 18.2 Å². The van der Waals surface area contributed by atoms with Crippen molar-refractivity contribution < 1.29 is 8.42 Å². The lowest BCUT2D eigenvalue weighted by Crippen LogP contribution is -2.22. The average Bonchev–Trinajstić information content (AvgIpc) is 2.89. The zero-order chi connectivity index (χ0) is 15.3. The highest BCUT2D eigenvalue weighted by Gasteiger charge is 2.13. The lowest BCUT2D eigenvalue weighted by molar-refractivity contribution is 0.582. The van der Waals surface area contributed by atoms with Crippen LogP contribution in [0.4, 0.5) is 0 Å². The van der Waals surface area contributed by atoms with Crippen molar-refractivity contribution in [3.8, 4) is 0 Å². The van der Waals surface area contributed by atoms with Crippen LogP contribution in [-0.4, -0.2) is 22.0 Å². The third-order valence-electron chi connectivity index (χ3n) is 2.96. The predicted molar refractivity (Wildman–Crippen MR) is 87.4 cm³/mol. The topological polar surface area (TPSA) is 58.2 Å². The molecule has 2 aromatic rings. The summed E-state index contributed by atoms with van der Waals surface area (Å²) in [6.07, 6.45) is 0.873. The molecular formula is C14H17ClN2O2S2. The molecule has 114 valence electrons. The molecule has 0 fully saturated rings. The molecule has 1 aromatic carbocycles. The molecule has 0 spiro atoms. The van der Waals surface area contributed by atoms with E-state index >= 15 is 0 Å². The third-order valence-corrected chi connectivity index (χ3v) is 5.61. The van der Waals surface area contributed by atoms with Crippen molar-refractivity contribution in [1.29, 1.82) is 0 Å². The highest BCUT2D eigenvalue weighted by Crippen LogP contribution is 2.21. The smallest absolute Gasteiger partial charge is 0.240 e. The molecule has 1 aromatic heterocycles. The molecule has 0 aliphatic carbocycles. The van der Waals surface area contributed by atoms with Gasteiger partial charge < -0.3 is 5.32 Å². The molecule has 0 amide bonds. The summed E-state index contributed by atoms with van der Waals surface area (Å²) in [5.74, 6) is 0. The summed E-state index contributed by atoms with van der Waals surface area (Å²) in [4.78, 5) is 1.16. The number of hydrogen-bond donors (Lipinski definition) is 2. The molecule has 7 heteroatoms. The summed E-state index contributed by atoms with van der Waals surface area (Å²) in [6, 6.07) is 10.5. The maximum absolute atomic E-state index is 12.2. The summed E-state index contributed by atoms with van der Waals surface area (Å²) < 4.78 is 27.6. The molecule has 2 N–H and O–H groups in total. The Hall–Kier alpha value is -0.920. The SMILES string of the molecule is CNCCc1ccc(S(=O)(=O)NCc2ccc(Cl)s2)cc1. The Morgan fingerprint density at radius 3 is 2.43 bits per heavy atom. The van der Waals surface area contributed by atoms with E-state index in [0.29, 0.717) is 4.34 Å². The van der Waals surface area contributed by atoms with Crippen LogP contribution in [0, 0.1) is 0 Å². The molecule has 21 heavy (non-hydrogen) atoms. The zero-order valence-corrected chi connectivity index (χ0v) is 14.0. The zero-order valence-electron chi connectivity index (χ0n) is 11.6. The maximum atomic E-state index is 12.2. The normalized spacial score (nSPS) is 11.7. The van der Waals surface area contributed by atoms with E-state index in [9.17, 15) is 8.42 Å². The van der Waals surface area contributed by atoms with Gasteiger partial charge in [-0.2, -0.15) is 0 Å². The van der Waals surface area contributed by atoms with Crippen LogP contribution < -0.4 is 10.0 Å². The molecule has 0 saturated heterocycles. The molecule has 0 bridgehead atoms. The fraction of sp³-hybridized carbons (Fsp3) is 0.286. The Kier molecular flexibility index (Phi) is 5.78. The van der Waals surface area contributed by atoms with Gasteiger partial charge in [0, 0.05) is 11.4 Å². The first-order chi connectivity index (χ1) is 10.0. The lowest BCUT2D eigenvalue weighted by atomic mass is 10.1. The van der Waals surface area contributed by atoms with Gasteiger partial charge in [0.2, 0.25) is 10.0 Å². The summed E-state index contributed by atoms with van der Waals surface area (Å²) >= 11 is 7.19. The van der Waals surface area contributed by atoms with Gasteiger partial charge in [0.05, 0.1) is 9.23 Å². The first kappa shape index (κ1) is 16.5. The van der Waals surface area contributed by atoms with E-state index in [2.05, 4.69) is 10.0 Å². The molecule has 2 rings (SSSR count). The van der Waals surface area contributed by atoms with Crippen LogP contribution in [0.25, 0.3) is 0 Å². The molecule has 0 saturated carbocycles. The van der Waals surface area contributed by atoms with Gasteiger partial charge in [-0.15, -0.1) is 11.3 Å². The Morgan fingerprint density at radius 1 is 1.14 bits per heavy atom. The van der Waals surface area contributed by atoms with Gasteiger partial charge in [0.1, 0.15) is 0 Å². The second-order valence-corrected chi connectivity index (χ2v) is 8.09. The monoisotopic (exact) mass is 344 g/mol. The summed E-state index contributed by atoms with van der Waals surface area (Å²) in [5.41, 5.74) is 1.10. The van der Waals surface area contributed by atoms with Crippen molar-refractivity contribution in [2.75, 3.05) is 13.6 Å². The number of likely N-dealkylation sites (N-methyl/N-ethyl adjacent to an activating group) is 1. The van der Waals surface area contributed by atoms with Crippen LogP contribution in [0.2, 0.25) is 4.34 Å². The second kappa shape index (κ2) is 7.38. The fourth-order valence-corrected chi connectivity index (χ4v) is 3.93. The van der Waals surface area contributed by atoms with Crippen molar-refractivity contribution in [3.05, 3.63) is 51.2 Å². The quantitative estimate of drug-likeness (QED) is 0.811. The van der Waals surface area contributed by atoms with E-state index in [0.717, 1.165) is 23.4 Å². The number of hydrogen-bond acceptors (Lipinski definition) is 4. The van der Waals surface area contributed by atoms with Gasteiger partial charge in [-0.3, -0.25) is 0 Å². The van der Waals surface area contributed by atoms with Crippen LogP contribution in [0.15, 0.2) is 41.3 Å². The van der Waals surface area contributed by atoms with Gasteiger partial charge in [-0.1, -0.05) is 23.7 Å². The Labute approximate surface area is 134 Å². The minimum absolute atomic E-state index is 0.251. The summed E-state index contributed by atoms with van der Waals surface area (Å²) in [5, 5.41) is 3.06. The van der Waals surface area contributed by atoms with E-state index in [-0.39, 0.29) is 11.4 Å². The van der Waals surface area contributed by atoms with Crippen LogP contribution in [0.3, 0.4) is 0 Å². The molecule has 0 aliphatic heterocycles. The second-order valence-electron chi connectivity index (χ2n) is 4.53. The van der Waals surface area contributed by atoms with Crippen molar-refractivity contribution in [2.24, 2.45) is 0 Å². The van der Waals surface area contributed by atoms with Crippen LogP contribution in [0.1, 0.15) is 10.4 Å². The van der Waals surface area contributed by atoms with Gasteiger partial charge in [-0.05, 0) is 49.8 Å². The van der Waals surface area contributed by atoms with Crippen molar-refractivity contribution in [1.82, 2.24) is 10.0 Å². The number of thiophene rings is 1. The van der Waals surface area contributed by atoms with E-state index in [1.807, 2.05) is 25.2 Å². The van der Waals surface area contributed by atoms with Crippen LogP contribution in [0.5, 0.6) is 0 Å². The number of benzene rings is 1. The standard InChI is InChI=1S/C14H17ClN2O2S2/c1-16-9-8-11-2-5-13(6-3-11)21(18,19)17-10-12-4-7-14(15)20-12/h2-7,16-17H,8-10H2,1H3. The maximum Gasteiger partial charge on any atom is 0.240 e. The molecular weight excluding hydrogens is 328 g/mol. The largest absolute Gasteiger partial charge is 0.319 e. The minimum atomic E-state index is -3.49. The third kappa shape index (κ3) is 4.79. The average molecular weight is 345 g/mol. The Morgan fingerprint density at radius 2 is 1.86 bits per heavy atom. The molecule has 0 unspecified atom stereocenters. The highest BCUT2D eigenvalue weighted by molar-refractivity contribution is 7.89. The van der Waals surface area contributed by atoms with Gasteiger partial charge in [0.25, 0.3) is 0 Å².